The monoisotopic (exact) mass is 300 g/mol. The average molecular weight is 300 g/mol. The molecule has 1 N–H and O–H groups in total. The van der Waals surface area contributed by atoms with E-state index in [-0.39, 0.29) is 5.25 Å². The summed E-state index contributed by atoms with van der Waals surface area (Å²) >= 11 is 0. The van der Waals surface area contributed by atoms with Gasteiger partial charge in [0.2, 0.25) is 10.0 Å². The predicted molar refractivity (Wildman–Crippen MR) is 81.1 cm³/mol. The van der Waals surface area contributed by atoms with Crippen molar-refractivity contribution < 1.29 is 8.42 Å². The SMILES string of the molecule is O=S(=O)(C1CCCCC1)N1CCC(CNC2CC2)CC1. The number of piperidine rings is 1. The summed E-state index contributed by atoms with van der Waals surface area (Å²) in [5.41, 5.74) is 0. The van der Waals surface area contributed by atoms with Gasteiger partial charge >= 0.3 is 0 Å². The van der Waals surface area contributed by atoms with Crippen LogP contribution in [0.25, 0.3) is 0 Å². The van der Waals surface area contributed by atoms with Gasteiger partial charge < -0.3 is 5.32 Å². The number of hydrogen-bond acceptors (Lipinski definition) is 3. The van der Waals surface area contributed by atoms with E-state index < -0.39 is 10.0 Å². The van der Waals surface area contributed by atoms with Crippen LogP contribution in [0.15, 0.2) is 0 Å². The molecule has 2 aliphatic carbocycles. The fourth-order valence-corrected chi connectivity index (χ4v) is 5.63. The van der Waals surface area contributed by atoms with Crippen LogP contribution in [0, 0.1) is 5.92 Å². The molecule has 3 aliphatic rings. The molecule has 116 valence electrons. The lowest BCUT2D eigenvalue weighted by molar-refractivity contribution is 0.262. The number of rotatable bonds is 5. The van der Waals surface area contributed by atoms with E-state index >= 15 is 0 Å². The fraction of sp³-hybridized carbons (Fsp3) is 1.00. The second kappa shape index (κ2) is 6.32. The molecule has 1 saturated heterocycles. The molecular formula is C15H28N2O2S. The zero-order chi connectivity index (χ0) is 14.0. The van der Waals surface area contributed by atoms with Crippen molar-refractivity contribution in [2.45, 2.75) is 69.1 Å². The van der Waals surface area contributed by atoms with Crippen LogP contribution in [0.4, 0.5) is 0 Å². The van der Waals surface area contributed by atoms with Crippen molar-refractivity contribution in [1.29, 1.82) is 0 Å². The Morgan fingerprint density at radius 2 is 1.55 bits per heavy atom. The number of sulfonamides is 1. The van der Waals surface area contributed by atoms with Crippen molar-refractivity contribution in [3.8, 4) is 0 Å². The van der Waals surface area contributed by atoms with Crippen molar-refractivity contribution in [1.82, 2.24) is 9.62 Å². The highest BCUT2D eigenvalue weighted by Gasteiger charge is 2.35. The first-order valence-electron chi connectivity index (χ1n) is 8.38. The molecule has 4 nitrogen and oxygen atoms in total. The van der Waals surface area contributed by atoms with Gasteiger partial charge in [0.15, 0.2) is 0 Å². The molecular weight excluding hydrogens is 272 g/mol. The Labute approximate surface area is 123 Å². The molecule has 0 aromatic heterocycles. The third kappa shape index (κ3) is 3.55. The summed E-state index contributed by atoms with van der Waals surface area (Å²) < 4.78 is 27.1. The van der Waals surface area contributed by atoms with Gasteiger partial charge in [-0.25, -0.2) is 12.7 Å². The van der Waals surface area contributed by atoms with Crippen LogP contribution in [0.3, 0.4) is 0 Å². The summed E-state index contributed by atoms with van der Waals surface area (Å²) in [6.45, 7) is 2.58. The zero-order valence-corrected chi connectivity index (χ0v) is 13.2. The lowest BCUT2D eigenvalue weighted by Gasteiger charge is -2.35. The van der Waals surface area contributed by atoms with E-state index in [4.69, 9.17) is 0 Å². The van der Waals surface area contributed by atoms with Crippen LogP contribution in [0.2, 0.25) is 0 Å². The van der Waals surface area contributed by atoms with Gasteiger partial charge in [0.25, 0.3) is 0 Å². The Balaban J connectivity index is 1.48. The Hall–Kier alpha value is -0.130. The van der Waals surface area contributed by atoms with E-state index in [1.165, 1.54) is 19.3 Å². The van der Waals surface area contributed by atoms with Crippen molar-refractivity contribution in [3.05, 3.63) is 0 Å². The second-order valence-corrected chi connectivity index (χ2v) is 9.04. The zero-order valence-electron chi connectivity index (χ0n) is 12.4. The smallest absolute Gasteiger partial charge is 0.216 e. The van der Waals surface area contributed by atoms with E-state index in [9.17, 15) is 8.42 Å². The molecule has 20 heavy (non-hydrogen) atoms. The van der Waals surface area contributed by atoms with Gasteiger partial charge in [-0.1, -0.05) is 19.3 Å². The molecule has 2 saturated carbocycles. The molecule has 0 unspecified atom stereocenters. The molecule has 0 aromatic rings. The first-order chi connectivity index (χ1) is 9.66. The summed E-state index contributed by atoms with van der Waals surface area (Å²) in [6, 6.07) is 0.763. The van der Waals surface area contributed by atoms with Crippen molar-refractivity contribution >= 4 is 10.0 Å². The highest BCUT2D eigenvalue weighted by Crippen LogP contribution is 2.29. The van der Waals surface area contributed by atoms with E-state index in [2.05, 4.69) is 5.32 Å². The molecule has 0 aromatic carbocycles. The normalized spacial score (nSPS) is 27.8. The van der Waals surface area contributed by atoms with Gasteiger partial charge in [0, 0.05) is 19.1 Å². The largest absolute Gasteiger partial charge is 0.314 e. The molecule has 0 spiro atoms. The minimum atomic E-state index is -3.01. The van der Waals surface area contributed by atoms with Crippen molar-refractivity contribution in [2.24, 2.45) is 5.92 Å². The van der Waals surface area contributed by atoms with Crippen LogP contribution in [-0.4, -0.2) is 43.6 Å². The molecule has 1 aliphatic heterocycles. The Bertz CT molecular complexity index is 406. The molecule has 3 fully saturated rings. The third-order valence-corrected chi connectivity index (χ3v) is 7.58. The van der Waals surface area contributed by atoms with E-state index in [1.54, 1.807) is 4.31 Å². The first kappa shape index (κ1) is 14.8. The Morgan fingerprint density at radius 1 is 0.900 bits per heavy atom. The number of nitrogens with one attached hydrogen (secondary N) is 1. The van der Waals surface area contributed by atoms with E-state index in [0.717, 1.165) is 64.2 Å². The quantitative estimate of drug-likeness (QED) is 0.846. The van der Waals surface area contributed by atoms with Gasteiger partial charge in [-0.3, -0.25) is 0 Å². The van der Waals surface area contributed by atoms with Crippen LogP contribution in [0.5, 0.6) is 0 Å². The van der Waals surface area contributed by atoms with Crippen LogP contribution < -0.4 is 5.32 Å². The summed E-state index contributed by atoms with van der Waals surface area (Å²) in [6.07, 6.45) is 9.87. The Kier molecular flexibility index (Phi) is 4.68. The molecule has 1 heterocycles. The highest BCUT2D eigenvalue weighted by molar-refractivity contribution is 7.89. The van der Waals surface area contributed by atoms with E-state index in [1.807, 2.05) is 0 Å². The van der Waals surface area contributed by atoms with E-state index in [0.29, 0.717) is 5.92 Å². The predicted octanol–water partition coefficient (Wildman–Crippen LogP) is 2.11. The molecule has 3 rings (SSSR count). The van der Waals surface area contributed by atoms with Gasteiger partial charge in [0.1, 0.15) is 0 Å². The molecule has 0 bridgehead atoms. The topological polar surface area (TPSA) is 49.4 Å². The number of hydrogen-bond donors (Lipinski definition) is 1. The summed E-state index contributed by atoms with van der Waals surface area (Å²) in [5, 5.41) is 3.49. The standard InChI is InChI=1S/C15H28N2O2S/c18-20(19,15-4-2-1-3-5-15)17-10-8-13(9-11-17)12-16-14-6-7-14/h13-16H,1-12H2. The lowest BCUT2D eigenvalue weighted by Crippen LogP contribution is -2.45. The average Bonchev–Trinajstić information content (AvgIpc) is 3.31. The van der Waals surface area contributed by atoms with Crippen LogP contribution >= 0.6 is 0 Å². The Morgan fingerprint density at radius 3 is 2.15 bits per heavy atom. The van der Waals surface area contributed by atoms with Gasteiger partial charge in [-0.05, 0) is 51.0 Å². The van der Waals surface area contributed by atoms with Gasteiger partial charge in [-0.15, -0.1) is 0 Å². The van der Waals surface area contributed by atoms with Gasteiger partial charge in [-0.2, -0.15) is 0 Å². The molecule has 0 radical (unpaired) electrons. The summed E-state index contributed by atoms with van der Waals surface area (Å²) in [5.74, 6) is 0.674. The maximum atomic E-state index is 12.6. The van der Waals surface area contributed by atoms with Gasteiger partial charge in [0.05, 0.1) is 5.25 Å². The van der Waals surface area contributed by atoms with Crippen LogP contribution in [0.1, 0.15) is 57.8 Å². The maximum absolute atomic E-state index is 12.6. The highest BCUT2D eigenvalue weighted by atomic mass is 32.2. The van der Waals surface area contributed by atoms with Crippen molar-refractivity contribution in [2.75, 3.05) is 19.6 Å². The second-order valence-electron chi connectivity index (χ2n) is 6.83. The van der Waals surface area contributed by atoms with Crippen molar-refractivity contribution in [3.63, 3.8) is 0 Å². The summed E-state index contributed by atoms with van der Waals surface area (Å²) in [4.78, 5) is 0. The molecule has 0 amide bonds. The molecule has 0 atom stereocenters. The maximum Gasteiger partial charge on any atom is 0.216 e. The third-order valence-electron chi connectivity index (χ3n) is 5.18. The first-order valence-corrected chi connectivity index (χ1v) is 9.89. The number of nitrogens with zero attached hydrogens (tertiary/aromatic N) is 1. The molecule has 5 heteroatoms. The minimum Gasteiger partial charge on any atom is -0.314 e. The van der Waals surface area contributed by atoms with Crippen LogP contribution in [-0.2, 0) is 10.0 Å². The summed E-state index contributed by atoms with van der Waals surface area (Å²) in [7, 11) is -3.01. The lowest BCUT2D eigenvalue weighted by atomic mass is 9.98. The fourth-order valence-electron chi connectivity index (χ4n) is 3.56. The minimum absolute atomic E-state index is 0.0858.